The van der Waals surface area contributed by atoms with Gasteiger partial charge < -0.3 is 9.47 Å². The van der Waals surface area contributed by atoms with Crippen LogP contribution in [0.3, 0.4) is 0 Å². The van der Waals surface area contributed by atoms with Gasteiger partial charge in [0.1, 0.15) is 0 Å². The summed E-state index contributed by atoms with van der Waals surface area (Å²) in [5, 5.41) is 0. The van der Waals surface area contributed by atoms with Gasteiger partial charge >= 0.3 is 5.97 Å². The minimum Gasteiger partial charge on any atom is -0.469 e. The Morgan fingerprint density at radius 1 is 1.27 bits per heavy atom. The maximum Gasteiger partial charge on any atom is 0.305 e. The highest BCUT2D eigenvalue weighted by atomic mass is 16.5. The molecule has 0 radical (unpaired) electrons. The average Bonchev–Trinajstić information content (AvgIpc) is 2.98. The lowest BCUT2D eigenvalue weighted by Gasteiger charge is -2.54. The zero-order valence-electron chi connectivity index (χ0n) is 16.8. The van der Waals surface area contributed by atoms with E-state index in [9.17, 15) is 9.59 Å². The summed E-state index contributed by atoms with van der Waals surface area (Å²) < 4.78 is 11.1. The van der Waals surface area contributed by atoms with Crippen LogP contribution in [0, 0.1) is 28.6 Å². The highest BCUT2D eigenvalue weighted by Crippen LogP contribution is 2.59. The molecular formula is C22H32O4. The van der Waals surface area contributed by atoms with Gasteiger partial charge in [0.2, 0.25) is 0 Å². The van der Waals surface area contributed by atoms with Crippen molar-refractivity contribution in [3.63, 3.8) is 0 Å². The third kappa shape index (κ3) is 2.69. The van der Waals surface area contributed by atoms with E-state index >= 15 is 0 Å². The summed E-state index contributed by atoms with van der Waals surface area (Å²) in [5.41, 5.74) is -0.116. The molecule has 26 heavy (non-hydrogen) atoms. The number of esters is 1. The molecule has 2 fully saturated rings. The minimum atomic E-state index is -0.619. The Hall–Kier alpha value is -1.42. The van der Waals surface area contributed by atoms with Crippen LogP contribution in [-0.2, 0) is 19.1 Å². The molecular weight excluding hydrogens is 328 g/mol. The van der Waals surface area contributed by atoms with Gasteiger partial charge in [0.05, 0.1) is 19.1 Å². The summed E-state index contributed by atoms with van der Waals surface area (Å²) in [6, 6.07) is 0. The number of carbonyl (C=O) groups is 2. The van der Waals surface area contributed by atoms with Crippen molar-refractivity contribution in [3.8, 4) is 0 Å². The minimum absolute atomic E-state index is 0.0755. The molecule has 5 unspecified atom stereocenters. The molecule has 4 heteroatoms. The quantitative estimate of drug-likeness (QED) is 0.562. The van der Waals surface area contributed by atoms with Crippen molar-refractivity contribution in [3.05, 3.63) is 24.3 Å². The smallest absolute Gasteiger partial charge is 0.305 e. The molecule has 0 amide bonds. The van der Waals surface area contributed by atoms with Gasteiger partial charge in [-0.2, -0.15) is 0 Å². The van der Waals surface area contributed by atoms with E-state index < -0.39 is 5.41 Å². The van der Waals surface area contributed by atoms with E-state index in [0.717, 1.165) is 31.4 Å². The second-order valence-electron chi connectivity index (χ2n) is 9.21. The van der Waals surface area contributed by atoms with E-state index in [1.54, 1.807) is 6.08 Å². The maximum absolute atomic E-state index is 12.6. The van der Waals surface area contributed by atoms with Crippen LogP contribution in [-0.4, -0.2) is 31.1 Å². The van der Waals surface area contributed by atoms with E-state index in [0.29, 0.717) is 5.92 Å². The van der Waals surface area contributed by atoms with Crippen LogP contribution < -0.4 is 0 Å². The Morgan fingerprint density at radius 3 is 2.62 bits per heavy atom. The van der Waals surface area contributed by atoms with Gasteiger partial charge in [-0.1, -0.05) is 33.4 Å². The van der Waals surface area contributed by atoms with Crippen LogP contribution >= 0.6 is 0 Å². The number of allylic oxidation sites excluding steroid dienone is 2. The lowest BCUT2D eigenvalue weighted by Crippen LogP contribution is -2.53. The molecule has 144 valence electrons. The summed E-state index contributed by atoms with van der Waals surface area (Å²) >= 11 is 0. The number of carbonyl (C=O) groups excluding carboxylic acids is 2. The number of hydrogen-bond donors (Lipinski definition) is 0. The largest absolute Gasteiger partial charge is 0.469 e. The van der Waals surface area contributed by atoms with E-state index in [-0.39, 0.29) is 41.0 Å². The first kappa shape index (κ1) is 19.3. The van der Waals surface area contributed by atoms with Gasteiger partial charge in [-0.05, 0) is 61.0 Å². The fraction of sp³-hybridized carbons (Fsp3) is 0.727. The summed E-state index contributed by atoms with van der Waals surface area (Å²) in [5.74, 6) is 0.381. The first-order chi connectivity index (χ1) is 12.1. The fourth-order valence-electron chi connectivity index (χ4n) is 5.78. The van der Waals surface area contributed by atoms with Crippen LogP contribution in [0.25, 0.3) is 0 Å². The normalized spacial score (nSPS) is 41.8. The zero-order valence-corrected chi connectivity index (χ0v) is 16.8. The number of hydrogen-bond acceptors (Lipinski definition) is 4. The molecule has 1 heterocycles. The summed E-state index contributed by atoms with van der Waals surface area (Å²) in [4.78, 5) is 24.8. The van der Waals surface area contributed by atoms with E-state index in [4.69, 9.17) is 9.47 Å². The van der Waals surface area contributed by atoms with Gasteiger partial charge in [-0.25, -0.2) is 0 Å². The summed E-state index contributed by atoms with van der Waals surface area (Å²) in [6.45, 7) is 13.5. The molecule has 0 aromatic heterocycles. The van der Waals surface area contributed by atoms with Gasteiger partial charge in [0, 0.05) is 12.0 Å². The highest BCUT2D eigenvalue weighted by Gasteiger charge is 2.57. The molecule has 3 aliphatic rings. The molecule has 4 nitrogen and oxygen atoms in total. The fourth-order valence-corrected chi connectivity index (χ4v) is 5.78. The first-order valence-electron chi connectivity index (χ1n) is 9.71. The molecule has 3 rings (SSSR count). The summed E-state index contributed by atoms with van der Waals surface area (Å²) in [7, 11) is 1.41. The van der Waals surface area contributed by atoms with Crippen molar-refractivity contribution in [1.82, 2.24) is 0 Å². The van der Waals surface area contributed by atoms with Crippen molar-refractivity contribution >= 4 is 11.8 Å². The van der Waals surface area contributed by atoms with E-state index in [1.165, 1.54) is 7.11 Å². The van der Waals surface area contributed by atoms with Crippen molar-refractivity contribution in [2.75, 3.05) is 13.7 Å². The molecule has 0 aromatic carbocycles. The molecule has 0 spiro atoms. The highest BCUT2D eigenvalue weighted by molar-refractivity contribution is 5.96. The molecule has 5 atom stereocenters. The van der Waals surface area contributed by atoms with Crippen molar-refractivity contribution in [2.24, 2.45) is 28.6 Å². The number of ether oxygens (including phenoxy) is 2. The molecule has 0 N–H and O–H groups in total. The van der Waals surface area contributed by atoms with Gasteiger partial charge in [-0.15, -0.1) is 0 Å². The Bertz CT molecular complexity index is 661. The predicted molar refractivity (Wildman–Crippen MR) is 100 cm³/mol. The monoisotopic (exact) mass is 360 g/mol. The van der Waals surface area contributed by atoms with Crippen molar-refractivity contribution < 1.29 is 19.1 Å². The van der Waals surface area contributed by atoms with Crippen LogP contribution in [0.5, 0.6) is 0 Å². The van der Waals surface area contributed by atoms with Gasteiger partial charge in [0.25, 0.3) is 0 Å². The summed E-state index contributed by atoms with van der Waals surface area (Å²) in [6.07, 6.45) is 7.19. The van der Waals surface area contributed by atoms with Crippen LogP contribution in [0.4, 0.5) is 0 Å². The molecule has 0 bridgehead atoms. The number of fused-ring (bicyclic) bond motifs is 1. The molecule has 1 saturated carbocycles. The Labute approximate surface area is 157 Å². The third-order valence-corrected chi connectivity index (χ3v) is 7.71. The predicted octanol–water partition coefficient (Wildman–Crippen LogP) is 4.10. The average molecular weight is 360 g/mol. The third-order valence-electron chi connectivity index (χ3n) is 7.71. The second kappa shape index (κ2) is 6.33. The van der Waals surface area contributed by atoms with Crippen LogP contribution in [0.2, 0.25) is 0 Å². The van der Waals surface area contributed by atoms with Gasteiger partial charge in [-0.3, -0.25) is 9.59 Å². The number of methoxy groups -OCH3 is 1. The number of ketones is 1. The standard InChI is InChI=1S/C22H32O4/c1-14-16(8-7-15-10-12-26-22(14,15)5)21(4)11-9-18(23)20(2,3)17(21)13-19(24)25-6/h9,11,15-17H,1,7-8,10,12-13H2,2-6H3. The molecule has 0 aromatic rings. The molecule has 1 saturated heterocycles. The van der Waals surface area contributed by atoms with Crippen LogP contribution in [0.15, 0.2) is 24.3 Å². The Balaban J connectivity index is 2.02. The van der Waals surface area contributed by atoms with E-state index in [1.807, 2.05) is 19.9 Å². The topological polar surface area (TPSA) is 52.6 Å². The van der Waals surface area contributed by atoms with Crippen LogP contribution in [0.1, 0.15) is 53.4 Å². The molecule has 1 aliphatic heterocycles. The van der Waals surface area contributed by atoms with E-state index in [2.05, 4.69) is 20.4 Å². The second-order valence-corrected chi connectivity index (χ2v) is 9.21. The Morgan fingerprint density at radius 2 is 1.96 bits per heavy atom. The zero-order chi connectivity index (χ0) is 19.3. The first-order valence-corrected chi connectivity index (χ1v) is 9.71. The SMILES string of the molecule is C=C1C(C2(C)C=CC(=O)C(C)(C)C2CC(=O)OC)CCC2CCOC12C. The van der Waals surface area contributed by atoms with Crippen molar-refractivity contribution in [1.29, 1.82) is 0 Å². The lowest BCUT2D eigenvalue weighted by atomic mass is 9.49. The van der Waals surface area contributed by atoms with Crippen molar-refractivity contribution in [2.45, 2.75) is 59.0 Å². The number of rotatable bonds is 3. The Kier molecular flexibility index (Phi) is 4.71. The molecule has 2 aliphatic carbocycles. The maximum atomic E-state index is 12.6. The lowest BCUT2D eigenvalue weighted by molar-refractivity contribution is -0.147. The van der Waals surface area contributed by atoms with Gasteiger partial charge in [0.15, 0.2) is 5.78 Å².